The first kappa shape index (κ1) is 20.0. The van der Waals surface area contributed by atoms with Crippen LogP contribution in [0.15, 0.2) is 17.3 Å². The number of piperidine rings is 1. The van der Waals surface area contributed by atoms with Gasteiger partial charge in [0.25, 0.3) is 0 Å². The van der Waals surface area contributed by atoms with Gasteiger partial charge >= 0.3 is 0 Å². The molecule has 0 radical (unpaired) electrons. The van der Waals surface area contributed by atoms with Crippen molar-refractivity contribution in [3.63, 3.8) is 0 Å². The predicted molar refractivity (Wildman–Crippen MR) is 105 cm³/mol. The smallest absolute Gasteiger partial charge is 0.246 e. The molecule has 2 aromatic heterocycles. The normalized spacial score (nSPS) is 19.2. The maximum absolute atomic E-state index is 13.0. The molecule has 2 aliphatic heterocycles. The maximum atomic E-state index is 13.0. The average molecular weight is 422 g/mol. The molecule has 29 heavy (non-hydrogen) atoms. The van der Waals surface area contributed by atoms with E-state index in [-0.39, 0.29) is 16.7 Å². The second kappa shape index (κ2) is 7.86. The Hall–Kier alpha value is -2.27. The summed E-state index contributed by atoms with van der Waals surface area (Å²) in [4.78, 5) is 13.7. The largest absolute Gasteiger partial charge is 0.343 e. The molecule has 4 rings (SSSR count). The van der Waals surface area contributed by atoms with Crippen LogP contribution in [0.4, 0.5) is 0 Å². The molecular formula is C18H27N7O3S. The summed E-state index contributed by atoms with van der Waals surface area (Å²) in [6.07, 6.45) is 5.24. The first-order valence-corrected chi connectivity index (χ1v) is 11.5. The Bertz CT molecular complexity index is 989. The number of amides is 1. The van der Waals surface area contributed by atoms with Crippen LogP contribution in [0.3, 0.4) is 0 Å². The van der Waals surface area contributed by atoms with E-state index < -0.39 is 10.0 Å². The van der Waals surface area contributed by atoms with E-state index in [4.69, 9.17) is 0 Å². The predicted octanol–water partition coefficient (Wildman–Crippen LogP) is 0.467. The molecular weight excluding hydrogens is 394 g/mol. The van der Waals surface area contributed by atoms with Gasteiger partial charge < -0.3 is 9.47 Å². The van der Waals surface area contributed by atoms with Crippen molar-refractivity contribution in [2.24, 2.45) is 0 Å². The van der Waals surface area contributed by atoms with Crippen molar-refractivity contribution in [3.05, 3.63) is 24.0 Å². The summed E-state index contributed by atoms with van der Waals surface area (Å²) in [5, 5.41) is 12.9. The van der Waals surface area contributed by atoms with E-state index in [2.05, 4.69) is 19.9 Å². The number of sulfonamides is 1. The van der Waals surface area contributed by atoms with Crippen LogP contribution in [0.5, 0.6) is 0 Å². The number of carbonyl (C=O) groups excluding carboxylic acids is 1. The average Bonchev–Trinajstić information content (AvgIpc) is 3.30. The molecule has 1 fully saturated rings. The van der Waals surface area contributed by atoms with Gasteiger partial charge in [-0.1, -0.05) is 0 Å². The SMILES string of the molecule is CCn1cc(S(=O)(=O)N2CCc3nnc(C4CCN(C(C)=O)CC4)n3CC2)cn1. The number of aryl methyl sites for hydroxylation is 1. The van der Waals surface area contributed by atoms with Crippen LogP contribution in [0, 0.1) is 0 Å². The molecule has 0 saturated carbocycles. The van der Waals surface area contributed by atoms with E-state index >= 15 is 0 Å². The zero-order valence-electron chi connectivity index (χ0n) is 16.9. The van der Waals surface area contributed by atoms with Crippen molar-refractivity contribution in [1.82, 2.24) is 33.8 Å². The van der Waals surface area contributed by atoms with Gasteiger partial charge in [-0.2, -0.15) is 9.40 Å². The Morgan fingerprint density at radius 2 is 1.90 bits per heavy atom. The van der Waals surface area contributed by atoms with Gasteiger partial charge in [-0.3, -0.25) is 9.48 Å². The highest BCUT2D eigenvalue weighted by molar-refractivity contribution is 7.89. The Morgan fingerprint density at radius 3 is 2.55 bits per heavy atom. The second-order valence-electron chi connectivity index (χ2n) is 7.59. The lowest BCUT2D eigenvalue weighted by Crippen LogP contribution is -2.37. The number of hydrogen-bond acceptors (Lipinski definition) is 6. The van der Waals surface area contributed by atoms with Crippen molar-refractivity contribution in [2.75, 3.05) is 26.2 Å². The molecule has 0 atom stereocenters. The molecule has 2 aromatic rings. The van der Waals surface area contributed by atoms with Crippen LogP contribution >= 0.6 is 0 Å². The molecule has 158 valence electrons. The van der Waals surface area contributed by atoms with Gasteiger partial charge in [-0.15, -0.1) is 10.2 Å². The summed E-state index contributed by atoms with van der Waals surface area (Å²) in [6, 6.07) is 0. The van der Waals surface area contributed by atoms with Gasteiger partial charge in [-0.05, 0) is 19.8 Å². The molecule has 0 bridgehead atoms. The Balaban J connectivity index is 1.48. The molecule has 0 unspecified atom stereocenters. The number of fused-ring (bicyclic) bond motifs is 1. The third-order valence-corrected chi connectivity index (χ3v) is 7.74. The van der Waals surface area contributed by atoms with E-state index in [1.54, 1.807) is 17.8 Å². The number of nitrogens with zero attached hydrogens (tertiary/aromatic N) is 7. The van der Waals surface area contributed by atoms with Gasteiger partial charge in [0.2, 0.25) is 15.9 Å². The van der Waals surface area contributed by atoms with Gasteiger partial charge in [0.15, 0.2) is 0 Å². The zero-order valence-corrected chi connectivity index (χ0v) is 17.7. The molecule has 1 saturated heterocycles. The van der Waals surface area contributed by atoms with E-state index in [1.165, 1.54) is 10.5 Å². The molecule has 0 aliphatic carbocycles. The highest BCUT2D eigenvalue weighted by atomic mass is 32.2. The number of aromatic nitrogens is 5. The van der Waals surface area contributed by atoms with Crippen LogP contribution < -0.4 is 0 Å². The van der Waals surface area contributed by atoms with Gasteiger partial charge in [0.05, 0.1) is 6.20 Å². The molecule has 0 spiro atoms. The van der Waals surface area contributed by atoms with E-state index in [9.17, 15) is 13.2 Å². The summed E-state index contributed by atoms with van der Waals surface area (Å²) in [6.45, 7) is 6.89. The fourth-order valence-electron chi connectivity index (χ4n) is 4.12. The van der Waals surface area contributed by atoms with Crippen molar-refractivity contribution >= 4 is 15.9 Å². The lowest BCUT2D eigenvalue weighted by Gasteiger charge is -2.31. The number of rotatable bonds is 4. The topological polar surface area (TPSA) is 106 Å². The number of hydrogen-bond donors (Lipinski definition) is 0. The molecule has 1 amide bonds. The number of carbonyl (C=O) groups is 1. The molecule has 11 heteroatoms. The van der Waals surface area contributed by atoms with Gasteiger partial charge in [-0.25, -0.2) is 8.42 Å². The van der Waals surface area contributed by atoms with Crippen molar-refractivity contribution in [1.29, 1.82) is 0 Å². The first-order chi connectivity index (χ1) is 13.9. The molecule has 4 heterocycles. The lowest BCUT2D eigenvalue weighted by atomic mass is 9.96. The fraction of sp³-hybridized carbons (Fsp3) is 0.667. The summed E-state index contributed by atoms with van der Waals surface area (Å²) in [5.41, 5.74) is 0. The number of likely N-dealkylation sites (tertiary alicyclic amines) is 1. The standard InChI is InChI=1S/C18H27N7O3S/c1-3-23-13-16(12-19-23)29(27,28)24-9-6-17-20-21-18(25(17)11-10-24)15-4-7-22(8-5-15)14(2)26/h12-13,15H,3-11H2,1-2H3. The van der Waals surface area contributed by atoms with Crippen molar-refractivity contribution in [2.45, 2.75) is 57.0 Å². The quantitative estimate of drug-likeness (QED) is 0.710. The van der Waals surface area contributed by atoms with Crippen LogP contribution in [0.2, 0.25) is 0 Å². The minimum atomic E-state index is -3.58. The summed E-state index contributed by atoms with van der Waals surface area (Å²) in [7, 11) is -3.58. The van der Waals surface area contributed by atoms with E-state index in [0.29, 0.717) is 32.6 Å². The minimum Gasteiger partial charge on any atom is -0.343 e. The van der Waals surface area contributed by atoms with Crippen LogP contribution in [-0.4, -0.2) is 74.3 Å². The van der Waals surface area contributed by atoms with Crippen LogP contribution in [0.25, 0.3) is 0 Å². The fourth-order valence-corrected chi connectivity index (χ4v) is 5.51. The lowest BCUT2D eigenvalue weighted by molar-refractivity contribution is -0.129. The summed E-state index contributed by atoms with van der Waals surface area (Å²) in [5.74, 6) is 2.10. The molecule has 0 aromatic carbocycles. The van der Waals surface area contributed by atoms with Gasteiger partial charge in [0, 0.05) is 64.7 Å². The highest BCUT2D eigenvalue weighted by Gasteiger charge is 2.32. The minimum absolute atomic E-state index is 0.107. The Labute approximate surface area is 170 Å². The van der Waals surface area contributed by atoms with E-state index in [0.717, 1.165) is 37.6 Å². The summed E-state index contributed by atoms with van der Waals surface area (Å²) >= 11 is 0. The summed E-state index contributed by atoms with van der Waals surface area (Å²) < 4.78 is 31.3. The Morgan fingerprint density at radius 1 is 1.14 bits per heavy atom. The maximum Gasteiger partial charge on any atom is 0.246 e. The van der Waals surface area contributed by atoms with Gasteiger partial charge in [0.1, 0.15) is 16.5 Å². The molecule has 10 nitrogen and oxygen atoms in total. The molecule has 0 N–H and O–H groups in total. The zero-order chi connectivity index (χ0) is 20.6. The first-order valence-electron chi connectivity index (χ1n) is 10.1. The van der Waals surface area contributed by atoms with Crippen LogP contribution in [0.1, 0.15) is 44.3 Å². The third kappa shape index (κ3) is 3.80. The van der Waals surface area contributed by atoms with Crippen molar-refractivity contribution < 1.29 is 13.2 Å². The third-order valence-electron chi connectivity index (χ3n) is 5.89. The van der Waals surface area contributed by atoms with E-state index in [1.807, 2.05) is 11.8 Å². The monoisotopic (exact) mass is 421 g/mol. The van der Waals surface area contributed by atoms with Crippen LogP contribution in [-0.2, 0) is 34.3 Å². The molecule has 2 aliphatic rings. The second-order valence-corrected chi connectivity index (χ2v) is 9.53. The van der Waals surface area contributed by atoms with Crippen molar-refractivity contribution in [3.8, 4) is 0 Å². The highest BCUT2D eigenvalue weighted by Crippen LogP contribution is 2.28. The Kier molecular flexibility index (Phi) is 5.43.